The molecule has 2 aromatic rings. The van der Waals surface area contributed by atoms with Crippen LogP contribution in [0.2, 0.25) is 0 Å². The fourth-order valence-electron chi connectivity index (χ4n) is 13.3. The molecule has 10 rings (SSSR count). The third-order valence-electron chi connectivity index (χ3n) is 16.4. The smallest absolute Gasteiger partial charge is 0.233 e. The molecular weight excluding hydrogens is 749 g/mol. The summed E-state index contributed by atoms with van der Waals surface area (Å²) in [5.74, 6) is 9.88. The van der Waals surface area contributed by atoms with Gasteiger partial charge >= 0.3 is 0 Å². The number of unbranched alkanes of at least 4 members (excludes halogenated alkanes) is 1. The number of rotatable bonds is 8. The monoisotopic (exact) mass is 812 g/mol. The molecule has 0 spiro atoms. The third kappa shape index (κ3) is 7.21. The van der Waals surface area contributed by atoms with Gasteiger partial charge in [0.1, 0.15) is 5.60 Å². The molecule has 2 aliphatic heterocycles. The van der Waals surface area contributed by atoms with E-state index in [0.29, 0.717) is 36.6 Å². The number of carbonyl (C=O) groups is 3. The minimum absolute atomic E-state index is 0.0273. The second-order valence-corrected chi connectivity index (χ2v) is 19.6. The van der Waals surface area contributed by atoms with E-state index in [1.165, 1.54) is 22.4 Å². The number of ketones is 1. The van der Waals surface area contributed by atoms with E-state index in [9.17, 15) is 19.5 Å². The number of benzene rings is 1. The van der Waals surface area contributed by atoms with Gasteiger partial charge in [0.25, 0.3) is 0 Å². The van der Waals surface area contributed by atoms with Gasteiger partial charge in [0.2, 0.25) is 17.8 Å². The van der Waals surface area contributed by atoms with Crippen molar-refractivity contribution in [1.82, 2.24) is 19.8 Å². The molecule has 1 N–H and O–H groups in total. The summed E-state index contributed by atoms with van der Waals surface area (Å²) in [5, 5.41) is 11.7. The zero-order valence-corrected chi connectivity index (χ0v) is 36.2. The lowest BCUT2D eigenvalue weighted by Gasteiger charge is -2.53. The van der Waals surface area contributed by atoms with E-state index in [2.05, 4.69) is 81.8 Å². The number of likely N-dealkylation sites (tertiary alicyclic amines) is 1. The molecule has 0 radical (unpaired) electrons. The van der Waals surface area contributed by atoms with Crippen LogP contribution in [0.15, 0.2) is 65.5 Å². The number of piperazine rings is 1. The van der Waals surface area contributed by atoms with Crippen LogP contribution in [0.3, 0.4) is 0 Å². The van der Waals surface area contributed by atoms with E-state index in [1.54, 1.807) is 22.9 Å². The van der Waals surface area contributed by atoms with Crippen LogP contribution in [0.4, 0.5) is 11.6 Å². The zero-order valence-electron chi connectivity index (χ0n) is 36.2. The fourth-order valence-corrected chi connectivity index (χ4v) is 13.3. The van der Waals surface area contributed by atoms with Crippen molar-refractivity contribution in [1.29, 1.82) is 0 Å². The first-order valence-corrected chi connectivity index (χ1v) is 23.0. The van der Waals surface area contributed by atoms with Crippen molar-refractivity contribution in [2.75, 3.05) is 63.2 Å². The molecule has 4 saturated carbocycles. The lowest BCUT2D eigenvalue weighted by atomic mass is 9.51. The maximum atomic E-state index is 12.7. The van der Waals surface area contributed by atoms with Crippen LogP contribution < -0.4 is 9.80 Å². The van der Waals surface area contributed by atoms with Crippen LogP contribution in [0.1, 0.15) is 102 Å². The summed E-state index contributed by atoms with van der Waals surface area (Å²) in [6, 6.07) is 10.8. The largest absolute Gasteiger partial charge is 0.378 e. The first-order valence-electron chi connectivity index (χ1n) is 23.0. The highest BCUT2D eigenvalue weighted by Gasteiger charge is 2.63. The van der Waals surface area contributed by atoms with Gasteiger partial charge in [0.15, 0.2) is 5.78 Å². The second-order valence-electron chi connectivity index (χ2n) is 19.6. The standard InChI is InChI=1S/C29H35NO2.C21H29N5O2/c1-5-15-29(32)16-14-26-24-12-8-20-17-22(31)11-13-23(20)27(24)25(18-28(26,29)2)19-6-9-21(10-7-19)30(3)4;27-19-17-15-4-5-16(14-15)18(17)20(28)26(19)9-2-1-8-24-10-12-25(13-11-24)21-22-6-3-7-23-21/h6-7,9-10,17,24-26,32H,8,11-14,16,18H2,1-4H3;3,6-7,15-18H,1-2,4-5,8-14H2. The first kappa shape index (κ1) is 41.0. The van der Waals surface area contributed by atoms with E-state index in [0.717, 1.165) is 109 Å². The maximum Gasteiger partial charge on any atom is 0.233 e. The molecule has 2 amide bonds. The molecule has 1 aromatic heterocycles. The Hall–Kier alpha value is -4.33. The number of hydrogen-bond acceptors (Lipinski definition) is 9. The van der Waals surface area contributed by atoms with E-state index < -0.39 is 5.60 Å². The molecule has 8 aliphatic rings. The molecule has 1 aromatic carbocycles. The number of aliphatic hydroxyl groups is 1. The predicted molar refractivity (Wildman–Crippen MR) is 234 cm³/mol. The van der Waals surface area contributed by atoms with Crippen molar-refractivity contribution >= 4 is 29.2 Å². The number of anilines is 2. The number of hydrogen-bond donors (Lipinski definition) is 1. The molecule has 318 valence electrons. The molecule has 10 heteroatoms. The summed E-state index contributed by atoms with van der Waals surface area (Å²) >= 11 is 0. The summed E-state index contributed by atoms with van der Waals surface area (Å²) in [6.07, 6.45) is 17.2. The molecule has 10 nitrogen and oxygen atoms in total. The van der Waals surface area contributed by atoms with E-state index in [-0.39, 0.29) is 40.8 Å². The summed E-state index contributed by atoms with van der Waals surface area (Å²) in [5.41, 5.74) is 5.71. The Morgan fingerprint density at radius 2 is 1.55 bits per heavy atom. The average Bonchev–Trinajstić information content (AvgIpc) is 4.01. The van der Waals surface area contributed by atoms with Crippen LogP contribution in [0, 0.1) is 52.8 Å². The van der Waals surface area contributed by atoms with Gasteiger partial charge < -0.3 is 14.9 Å². The topological polar surface area (TPSA) is 110 Å². The Kier molecular flexibility index (Phi) is 11.3. The Morgan fingerprint density at radius 3 is 2.22 bits per heavy atom. The van der Waals surface area contributed by atoms with Crippen molar-refractivity contribution in [2.24, 2.45) is 40.9 Å². The molecule has 2 saturated heterocycles. The highest BCUT2D eigenvalue weighted by Crippen LogP contribution is 2.66. The second kappa shape index (κ2) is 16.5. The maximum absolute atomic E-state index is 12.7. The van der Waals surface area contributed by atoms with Gasteiger partial charge in [-0.1, -0.05) is 30.6 Å². The van der Waals surface area contributed by atoms with E-state index in [1.807, 2.05) is 19.1 Å². The zero-order chi connectivity index (χ0) is 41.8. The molecule has 6 fully saturated rings. The Bertz CT molecular complexity index is 2070. The highest BCUT2D eigenvalue weighted by atomic mass is 16.3. The van der Waals surface area contributed by atoms with Gasteiger partial charge in [-0.05, 0) is 149 Å². The number of aromatic nitrogens is 2. The summed E-state index contributed by atoms with van der Waals surface area (Å²) in [6.45, 7) is 9.69. The van der Waals surface area contributed by atoms with Gasteiger partial charge in [0, 0.05) is 82.7 Å². The molecular formula is C50H64N6O4. The summed E-state index contributed by atoms with van der Waals surface area (Å²) < 4.78 is 0. The number of nitrogens with zero attached hydrogens (tertiary/aromatic N) is 6. The highest BCUT2D eigenvalue weighted by molar-refractivity contribution is 6.06. The molecule has 2 bridgehead atoms. The van der Waals surface area contributed by atoms with Crippen molar-refractivity contribution in [3.05, 3.63) is 71.1 Å². The van der Waals surface area contributed by atoms with E-state index in [4.69, 9.17) is 0 Å². The summed E-state index contributed by atoms with van der Waals surface area (Å²) in [7, 11) is 4.14. The van der Waals surface area contributed by atoms with Crippen LogP contribution in [0.25, 0.3) is 0 Å². The van der Waals surface area contributed by atoms with Gasteiger partial charge in [0.05, 0.1) is 11.8 Å². The summed E-state index contributed by atoms with van der Waals surface area (Å²) in [4.78, 5) is 54.7. The van der Waals surface area contributed by atoms with Crippen molar-refractivity contribution < 1.29 is 19.5 Å². The molecule has 60 heavy (non-hydrogen) atoms. The van der Waals surface area contributed by atoms with Crippen molar-refractivity contribution in [2.45, 2.75) is 102 Å². The molecule has 9 unspecified atom stereocenters. The number of carbonyl (C=O) groups excluding carboxylic acids is 3. The van der Waals surface area contributed by atoms with E-state index >= 15 is 0 Å². The number of amides is 2. The van der Waals surface area contributed by atoms with Crippen molar-refractivity contribution in [3.8, 4) is 11.8 Å². The first-order chi connectivity index (χ1) is 29.0. The van der Waals surface area contributed by atoms with Crippen LogP contribution in [-0.4, -0.2) is 101 Å². The Labute approximate surface area is 356 Å². The Morgan fingerprint density at radius 1 is 0.867 bits per heavy atom. The number of imide groups is 1. The fraction of sp³-hybridized carbons (Fsp3) is 0.620. The number of fused-ring (bicyclic) bond motifs is 9. The number of allylic oxidation sites excluding steroid dienone is 4. The van der Waals surface area contributed by atoms with Crippen LogP contribution in [0.5, 0.6) is 0 Å². The van der Waals surface area contributed by atoms with Gasteiger partial charge in [-0.3, -0.25) is 24.2 Å². The quantitative estimate of drug-likeness (QED) is 0.175. The average molecular weight is 813 g/mol. The molecule has 6 aliphatic carbocycles. The lowest BCUT2D eigenvalue weighted by Crippen LogP contribution is -2.51. The third-order valence-corrected chi connectivity index (χ3v) is 16.4. The normalized spacial score (nSPS) is 34.2. The van der Waals surface area contributed by atoms with Crippen LogP contribution in [-0.2, 0) is 14.4 Å². The van der Waals surface area contributed by atoms with Crippen LogP contribution >= 0.6 is 0 Å². The predicted octanol–water partition coefficient (Wildman–Crippen LogP) is 6.82. The lowest BCUT2D eigenvalue weighted by molar-refractivity contribution is -0.140. The minimum atomic E-state index is -0.914. The SMILES string of the molecule is CC#CC1(O)CCC2C3CCC4=CC(=O)CCC4=C3C(c3ccc(N(C)C)cc3)CC21C.O=C1C2C3CCC(C3)C2C(=O)N1CCCCN1CCN(c2ncccn2)CC1. The molecule has 9 atom stereocenters. The Balaban J connectivity index is 0.000000155. The minimum Gasteiger partial charge on any atom is -0.378 e. The van der Waals surface area contributed by atoms with Gasteiger partial charge in [-0.25, -0.2) is 9.97 Å². The van der Waals surface area contributed by atoms with Crippen molar-refractivity contribution in [3.63, 3.8) is 0 Å². The van der Waals surface area contributed by atoms with Gasteiger partial charge in [-0.2, -0.15) is 0 Å². The molecule has 3 heterocycles. The van der Waals surface area contributed by atoms with Gasteiger partial charge in [-0.15, -0.1) is 5.92 Å².